The average Bonchev–Trinajstić information content (AvgIpc) is 2.98. The molecule has 0 aliphatic carbocycles. The SMILES string of the molecule is c1ccc(-c2csc(CNCC3CCCCO3)c2)cc1. The van der Waals surface area contributed by atoms with Gasteiger partial charge in [-0.05, 0) is 41.8 Å². The summed E-state index contributed by atoms with van der Waals surface area (Å²) in [7, 11) is 0. The first-order chi connectivity index (χ1) is 9.92. The number of benzene rings is 1. The highest BCUT2D eigenvalue weighted by atomic mass is 32.1. The van der Waals surface area contributed by atoms with Gasteiger partial charge < -0.3 is 10.1 Å². The standard InChI is InChI=1S/C17H21NOS/c1-2-6-14(7-3-1)15-10-17(20-13-15)12-18-11-16-8-4-5-9-19-16/h1-3,6-7,10,13,16,18H,4-5,8-9,11-12H2. The summed E-state index contributed by atoms with van der Waals surface area (Å²) in [4.78, 5) is 1.39. The molecule has 0 saturated carbocycles. The molecule has 2 nitrogen and oxygen atoms in total. The van der Waals surface area contributed by atoms with E-state index in [1.54, 1.807) is 0 Å². The highest BCUT2D eigenvalue weighted by Gasteiger charge is 2.13. The average molecular weight is 287 g/mol. The normalized spacial score (nSPS) is 19.1. The first kappa shape index (κ1) is 13.8. The van der Waals surface area contributed by atoms with Crippen molar-refractivity contribution >= 4 is 11.3 Å². The van der Waals surface area contributed by atoms with Crippen LogP contribution in [0.15, 0.2) is 41.8 Å². The van der Waals surface area contributed by atoms with Crippen LogP contribution in [0, 0.1) is 0 Å². The minimum absolute atomic E-state index is 0.414. The van der Waals surface area contributed by atoms with Crippen LogP contribution in [0.2, 0.25) is 0 Å². The zero-order valence-electron chi connectivity index (χ0n) is 11.7. The van der Waals surface area contributed by atoms with Gasteiger partial charge in [-0.15, -0.1) is 11.3 Å². The lowest BCUT2D eigenvalue weighted by atomic mass is 10.1. The summed E-state index contributed by atoms with van der Waals surface area (Å²) in [5, 5.41) is 5.76. The van der Waals surface area contributed by atoms with Gasteiger partial charge in [0, 0.05) is 24.6 Å². The number of hydrogen-bond donors (Lipinski definition) is 1. The second kappa shape index (κ2) is 7.02. The third-order valence-corrected chi connectivity index (χ3v) is 4.64. The molecule has 1 aromatic carbocycles. The van der Waals surface area contributed by atoms with Crippen molar-refractivity contribution in [1.29, 1.82) is 0 Å². The van der Waals surface area contributed by atoms with E-state index >= 15 is 0 Å². The Morgan fingerprint density at radius 1 is 1.15 bits per heavy atom. The van der Waals surface area contributed by atoms with E-state index in [-0.39, 0.29) is 0 Å². The fourth-order valence-electron chi connectivity index (χ4n) is 2.58. The van der Waals surface area contributed by atoms with Crippen LogP contribution in [0.3, 0.4) is 0 Å². The molecule has 2 heterocycles. The molecule has 1 saturated heterocycles. The van der Waals surface area contributed by atoms with Gasteiger partial charge in [-0.25, -0.2) is 0 Å². The first-order valence-corrected chi connectivity index (χ1v) is 8.25. The molecule has 1 fully saturated rings. The highest BCUT2D eigenvalue weighted by Crippen LogP contribution is 2.25. The third kappa shape index (κ3) is 3.69. The lowest BCUT2D eigenvalue weighted by molar-refractivity contribution is 0.0168. The molecule has 0 spiro atoms. The van der Waals surface area contributed by atoms with Crippen LogP contribution in [-0.4, -0.2) is 19.3 Å². The predicted molar refractivity (Wildman–Crippen MR) is 85.1 cm³/mol. The largest absolute Gasteiger partial charge is 0.377 e. The second-order valence-electron chi connectivity index (χ2n) is 5.29. The topological polar surface area (TPSA) is 21.3 Å². The summed E-state index contributed by atoms with van der Waals surface area (Å²) < 4.78 is 5.73. The molecular formula is C17H21NOS. The van der Waals surface area contributed by atoms with E-state index in [9.17, 15) is 0 Å². The van der Waals surface area contributed by atoms with E-state index in [2.05, 4.69) is 47.1 Å². The van der Waals surface area contributed by atoms with Gasteiger partial charge in [0.15, 0.2) is 0 Å². The van der Waals surface area contributed by atoms with Crippen LogP contribution in [0.1, 0.15) is 24.1 Å². The molecule has 3 rings (SSSR count). The van der Waals surface area contributed by atoms with Gasteiger partial charge in [0.1, 0.15) is 0 Å². The fraction of sp³-hybridized carbons (Fsp3) is 0.412. The Labute approximate surface area is 124 Å². The Morgan fingerprint density at radius 2 is 2.05 bits per heavy atom. The summed E-state index contributed by atoms with van der Waals surface area (Å²) in [5.41, 5.74) is 2.62. The van der Waals surface area contributed by atoms with Gasteiger partial charge in [-0.2, -0.15) is 0 Å². The molecule has 1 aliphatic rings. The highest BCUT2D eigenvalue weighted by molar-refractivity contribution is 7.10. The number of ether oxygens (including phenoxy) is 1. The lowest BCUT2D eigenvalue weighted by Crippen LogP contribution is -2.31. The van der Waals surface area contributed by atoms with E-state index < -0.39 is 0 Å². The van der Waals surface area contributed by atoms with Gasteiger partial charge in [0.25, 0.3) is 0 Å². The maximum Gasteiger partial charge on any atom is 0.0699 e. The van der Waals surface area contributed by atoms with E-state index in [4.69, 9.17) is 4.74 Å². The molecule has 1 N–H and O–H groups in total. The number of hydrogen-bond acceptors (Lipinski definition) is 3. The molecule has 1 atom stereocenters. The summed E-state index contributed by atoms with van der Waals surface area (Å²) in [5.74, 6) is 0. The van der Waals surface area contributed by atoms with Crippen molar-refractivity contribution in [2.24, 2.45) is 0 Å². The van der Waals surface area contributed by atoms with E-state index in [1.807, 2.05) is 11.3 Å². The molecule has 1 aromatic heterocycles. The van der Waals surface area contributed by atoms with E-state index in [0.717, 1.165) is 19.7 Å². The van der Waals surface area contributed by atoms with Crippen molar-refractivity contribution in [3.05, 3.63) is 46.7 Å². The van der Waals surface area contributed by atoms with E-state index in [1.165, 1.54) is 35.3 Å². The molecule has 3 heteroatoms. The molecule has 106 valence electrons. The van der Waals surface area contributed by atoms with Gasteiger partial charge in [-0.1, -0.05) is 30.3 Å². The van der Waals surface area contributed by atoms with Crippen molar-refractivity contribution in [2.45, 2.75) is 31.9 Å². The van der Waals surface area contributed by atoms with Crippen LogP contribution >= 0.6 is 11.3 Å². The second-order valence-corrected chi connectivity index (χ2v) is 6.28. The Morgan fingerprint density at radius 3 is 2.85 bits per heavy atom. The summed E-state index contributed by atoms with van der Waals surface area (Å²) in [6.45, 7) is 2.85. The Bertz CT molecular complexity index is 517. The third-order valence-electron chi connectivity index (χ3n) is 3.71. The molecule has 0 amide bonds. The maximum atomic E-state index is 5.73. The maximum absolute atomic E-state index is 5.73. The minimum Gasteiger partial charge on any atom is -0.377 e. The molecule has 0 radical (unpaired) electrons. The molecule has 1 aliphatic heterocycles. The van der Waals surface area contributed by atoms with Crippen molar-refractivity contribution in [3.63, 3.8) is 0 Å². The Hall–Kier alpha value is -1.16. The van der Waals surface area contributed by atoms with Crippen LogP contribution in [0.25, 0.3) is 11.1 Å². The molecular weight excluding hydrogens is 266 g/mol. The summed E-state index contributed by atoms with van der Waals surface area (Å²) in [6, 6.07) is 12.8. The van der Waals surface area contributed by atoms with Crippen molar-refractivity contribution in [3.8, 4) is 11.1 Å². The fourth-order valence-corrected chi connectivity index (χ4v) is 3.44. The van der Waals surface area contributed by atoms with Crippen molar-refractivity contribution < 1.29 is 4.74 Å². The van der Waals surface area contributed by atoms with Crippen LogP contribution in [0.4, 0.5) is 0 Å². The Kier molecular flexibility index (Phi) is 4.85. The van der Waals surface area contributed by atoms with Gasteiger partial charge in [0.2, 0.25) is 0 Å². The predicted octanol–water partition coefficient (Wildman–Crippen LogP) is 4.07. The van der Waals surface area contributed by atoms with Crippen molar-refractivity contribution in [1.82, 2.24) is 5.32 Å². The van der Waals surface area contributed by atoms with Crippen LogP contribution in [-0.2, 0) is 11.3 Å². The zero-order valence-corrected chi connectivity index (χ0v) is 12.5. The molecule has 20 heavy (non-hydrogen) atoms. The zero-order chi connectivity index (χ0) is 13.6. The van der Waals surface area contributed by atoms with Gasteiger partial charge >= 0.3 is 0 Å². The van der Waals surface area contributed by atoms with Crippen LogP contribution < -0.4 is 5.32 Å². The number of thiophene rings is 1. The quantitative estimate of drug-likeness (QED) is 0.895. The van der Waals surface area contributed by atoms with E-state index in [0.29, 0.717) is 6.10 Å². The van der Waals surface area contributed by atoms with Crippen molar-refractivity contribution in [2.75, 3.05) is 13.2 Å². The number of nitrogens with one attached hydrogen (secondary N) is 1. The molecule has 1 unspecified atom stereocenters. The monoisotopic (exact) mass is 287 g/mol. The lowest BCUT2D eigenvalue weighted by Gasteiger charge is -2.22. The first-order valence-electron chi connectivity index (χ1n) is 7.37. The number of rotatable bonds is 5. The summed E-state index contributed by atoms with van der Waals surface area (Å²) in [6.07, 6.45) is 4.15. The summed E-state index contributed by atoms with van der Waals surface area (Å²) >= 11 is 1.83. The molecule has 2 aromatic rings. The Balaban J connectivity index is 1.50. The molecule has 0 bridgehead atoms. The van der Waals surface area contributed by atoms with Crippen LogP contribution in [0.5, 0.6) is 0 Å². The van der Waals surface area contributed by atoms with Gasteiger partial charge in [-0.3, -0.25) is 0 Å². The smallest absolute Gasteiger partial charge is 0.0699 e. The van der Waals surface area contributed by atoms with Gasteiger partial charge in [0.05, 0.1) is 6.10 Å². The minimum atomic E-state index is 0.414.